The normalized spacial score (nSPS) is 12.4. The number of rotatable bonds is 18. The molecule has 57 heavy (non-hydrogen) atoms. The summed E-state index contributed by atoms with van der Waals surface area (Å²) >= 11 is 0. The van der Waals surface area contributed by atoms with Gasteiger partial charge in [-0.25, -0.2) is 0 Å². The minimum atomic E-state index is -1.33. The molecule has 0 heterocycles. The van der Waals surface area contributed by atoms with E-state index >= 15 is 0 Å². The number of hydrazone groups is 2. The zero-order valence-corrected chi connectivity index (χ0v) is 30.5. The van der Waals surface area contributed by atoms with Crippen molar-refractivity contribution in [2.75, 3.05) is 35.7 Å². The molecule has 296 valence electrons. The van der Waals surface area contributed by atoms with Crippen molar-refractivity contribution < 1.29 is 38.8 Å². The van der Waals surface area contributed by atoms with Crippen molar-refractivity contribution in [2.45, 2.75) is 20.3 Å². The van der Waals surface area contributed by atoms with E-state index in [2.05, 4.69) is 31.7 Å². The van der Waals surface area contributed by atoms with Crippen molar-refractivity contribution in [2.24, 2.45) is 22.0 Å². The molecule has 22 heteroatoms. The maximum Gasteiger partial charge on any atom is 0.301 e. The number of methoxy groups -OCH3 is 2. The van der Waals surface area contributed by atoms with E-state index in [4.69, 9.17) is 9.47 Å². The zero-order chi connectivity index (χ0) is 41.8. The smallest absolute Gasteiger partial charge is 0.301 e. The molecule has 2 amide bonds. The summed E-state index contributed by atoms with van der Waals surface area (Å²) in [6.45, 7) is 2.80. The van der Waals surface area contributed by atoms with Crippen molar-refractivity contribution in [3.05, 3.63) is 125 Å². The molecule has 22 nitrogen and oxygen atoms in total. The first kappa shape index (κ1) is 41.7. The Morgan fingerprint density at radius 2 is 0.947 bits per heavy atom. The number of nitrogens with one attached hydrogen (secondary N) is 4. The highest BCUT2D eigenvalue weighted by atomic mass is 16.6. The second kappa shape index (κ2) is 18.8. The molecule has 2 atom stereocenters. The van der Waals surface area contributed by atoms with Gasteiger partial charge in [0.25, 0.3) is 11.4 Å². The third-order valence-electron chi connectivity index (χ3n) is 8.33. The number of carbonyl (C=O) groups is 2. The van der Waals surface area contributed by atoms with Crippen LogP contribution in [-0.4, -0.2) is 57.2 Å². The van der Waals surface area contributed by atoms with Crippen molar-refractivity contribution in [3.63, 3.8) is 0 Å². The Balaban J connectivity index is 1.81. The van der Waals surface area contributed by atoms with Gasteiger partial charge in [-0.2, -0.15) is 10.2 Å². The Morgan fingerprint density at radius 3 is 1.28 bits per heavy atom. The Bertz CT molecular complexity index is 2120. The van der Waals surface area contributed by atoms with Crippen LogP contribution in [0.2, 0.25) is 0 Å². The van der Waals surface area contributed by atoms with Crippen LogP contribution in [0.4, 0.5) is 45.5 Å². The van der Waals surface area contributed by atoms with Crippen LogP contribution in [-0.2, 0) is 9.59 Å². The number of hydrogen-bond acceptors (Lipinski definition) is 16. The standard InChI is InChI=1S/C35H34N10O12/c1-20(38-40-26-15-13-22(42(48)49)17-30(26)44(52)53)24(34(46)36-28-9-5-7-11-32(28)56-3)19-25(35(47)37-29-10-6-8-12-33(29)57-4)21(2)39-41-27-16-14-23(43(50)51)18-31(27)45(54)55/h5-18,24-25,40-41H,19H2,1-4H3,(H,36,46)(H,37,47)/t24-,25-/m0/s1. The number of nitrogens with zero attached hydrogens (tertiary/aromatic N) is 6. The van der Waals surface area contributed by atoms with E-state index in [-0.39, 0.29) is 52.1 Å². The van der Waals surface area contributed by atoms with Gasteiger partial charge in [-0.15, -0.1) is 0 Å². The zero-order valence-electron chi connectivity index (χ0n) is 30.5. The molecule has 4 aromatic rings. The highest BCUT2D eigenvalue weighted by molar-refractivity contribution is 6.13. The monoisotopic (exact) mass is 786 g/mol. The molecule has 0 saturated carbocycles. The predicted octanol–water partition coefficient (Wildman–Crippen LogP) is 6.51. The van der Waals surface area contributed by atoms with E-state index in [9.17, 15) is 50.0 Å². The number of benzene rings is 4. The first-order valence-electron chi connectivity index (χ1n) is 16.5. The molecule has 0 aromatic heterocycles. The van der Waals surface area contributed by atoms with E-state index in [1.165, 1.54) is 28.1 Å². The Kier molecular flexibility index (Phi) is 13.8. The number of amides is 2. The molecule has 0 spiro atoms. The largest absolute Gasteiger partial charge is 0.495 e. The van der Waals surface area contributed by atoms with Gasteiger partial charge in [-0.05, 0) is 56.7 Å². The van der Waals surface area contributed by atoms with Gasteiger partial charge in [0.05, 0.1) is 69.3 Å². The van der Waals surface area contributed by atoms with Crippen LogP contribution in [0, 0.1) is 52.3 Å². The van der Waals surface area contributed by atoms with Crippen LogP contribution in [0.5, 0.6) is 11.5 Å². The van der Waals surface area contributed by atoms with E-state index in [1.807, 2.05) is 0 Å². The average molecular weight is 787 g/mol. The minimum absolute atomic E-state index is 0.0168. The molecule has 0 saturated heterocycles. The summed E-state index contributed by atoms with van der Waals surface area (Å²) in [7, 11) is 2.77. The Hall–Kier alpha value is -8.04. The summed E-state index contributed by atoms with van der Waals surface area (Å²) in [5.41, 5.74) is 2.49. The summed E-state index contributed by atoms with van der Waals surface area (Å²) < 4.78 is 10.7. The second-order valence-electron chi connectivity index (χ2n) is 11.9. The lowest BCUT2D eigenvalue weighted by molar-refractivity contribution is -0.393. The molecule has 0 radical (unpaired) electrons. The van der Waals surface area contributed by atoms with Crippen molar-refractivity contribution in [1.82, 2.24) is 0 Å². The SMILES string of the molecule is COc1ccccc1NC(=O)[C@@H](C[C@H](C(=O)Nc1ccccc1OC)C(C)=NNc1ccc([N+](=O)[O-])cc1[N+](=O)[O-])C(C)=NNc1ccc([N+](=O)[O-])cc1[N+](=O)[O-]. The topological polar surface area (TPSA) is 298 Å². The lowest BCUT2D eigenvalue weighted by Crippen LogP contribution is -2.37. The van der Waals surface area contributed by atoms with Crippen molar-refractivity contribution in [3.8, 4) is 11.5 Å². The lowest BCUT2D eigenvalue weighted by atomic mass is 9.87. The molecule has 0 fully saturated rings. The van der Waals surface area contributed by atoms with E-state index in [0.29, 0.717) is 0 Å². The van der Waals surface area contributed by atoms with Crippen LogP contribution in [0.25, 0.3) is 0 Å². The minimum Gasteiger partial charge on any atom is -0.495 e. The highest BCUT2D eigenvalue weighted by Crippen LogP contribution is 2.32. The van der Waals surface area contributed by atoms with Crippen LogP contribution in [0.15, 0.2) is 95.1 Å². The Labute approximate surface area is 322 Å². The van der Waals surface area contributed by atoms with Crippen LogP contribution in [0.1, 0.15) is 20.3 Å². The molecular weight excluding hydrogens is 752 g/mol. The summed E-state index contributed by atoms with van der Waals surface area (Å²) in [5, 5.41) is 60.0. The van der Waals surface area contributed by atoms with Gasteiger partial charge in [0.2, 0.25) is 11.8 Å². The highest BCUT2D eigenvalue weighted by Gasteiger charge is 2.33. The van der Waals surface area contributed by atoms with E-state index in [0.717, 1.165) is 36.4 Å². The molecule has 0 aliphatic carbocycles. The summed E-state index contributed by atoms with van der Waals surface area (Å²) in [6, 6.07) is 18.5. The van der Waals surface area contributed by atoms with E-state index in [1.54, 1.807) is 48.5 Å². The number of para-hydroxylation sites is 4. The molecule has 4 rings (SSSR count). The fourth-order valence-corrected chi connectivity index (χ4v) is 5.32. The fraction of sp³-hybridized carbons (Fsp3) is 0.200. The van der Waals surface area contributed by atoms with Crippen LogP contribution in [0.3, 0.4) is 0 Å². The molecule has 0 aliphatic rings. The van der Waals surface area contributed by atoms with Gasteiger partial charge < -0.3 is 20.1 Å². The average Bonchev–Trinajstić information content (AvgIpc) is 3.19. The third kappa shape index (κ3) is 10.6. The number of hydrogen-bond donors (Lipinski definition) is 4. The Morgan fingerprint density at radius 1 is 0.579 bits per heavy atom. The number of anilines is 4. The summed E-state index contributed by atoms with van der Waals surface area (Å²) in [4.78, 5) is 71.1. The maximum atomic E-state index is 14.2. The van der Waals surface area contributed by atoms with Crippen molar-refractivity contribution in [1.29, 1.82) is 0 Å². The number of carbonyl (C=O) groups excluding carboxylic acids is 2. The second-order valence-corrected chi connectivity index (χ2v) is 11.9. The van der Waals surface area contributed by atoms with Gasteiger partial charge >= 0.3 is 11.4 Å². The van der Waals surface area contributed by atoms with Crippen molar-refractivity contribution >= 4 is 68.7 Å². The van der Waals surface area contributed by atoms with E-state index < -0.39 is 66.1 Å². The molecule has 4 aromatic carbocycles. The molecule has 0 unspecified atom stereocenters. The quantitative estimate of drug-likeness (QED) is 0.0475. The van der Waals surface area contributed by atoms with Gasteiger partial charge in [0.1, 0.15) is 22.9 Å². The first-order valence-corrected chi connectivity index (χ1v) is 16.5. The van der Waals surface area contributed by atoms with Gasteiger partial charge in [-0.3, -0.25) is 60.9 Å². The predicted molar refractivity (Wildman–Crippen MR) is 208 cm³/mol. The van der Waals surface area contributed by atoms with Gasteiger partial charge in [0.15, 0.2) is 0 Å². The first-order chi connectivity index (χ1) is 27.1. The van der Waals surface area contributed by atoms with Gasteiger partial charge in [-0.1, -0.05) is 24.3 Å². The lowest BCUT2D eigenvalue weighted by Gasteiger charge is -2.24. The molecule has 0 bridgehead atoms. The molecule has 0 aliphatic heterocycles. The fourth-order valence-electron chi connectivity index (χ4n) is 5.32. The van der Waals surface area contributed by atoms with Gasteiger partial charge in [0, 0.05) is 23.6 Å². The number of non-ortho nitro benzene ring substituents is 2. The van der Waals surface area contributed by atoms with Crippen LogP contribution >= 0.6 is 0 Å². The van der Waals surface area contributed by atoms with Crippen LogP contribution < -0.4 is 31.0 Å². The number of nitro groups is 4. The summed E-state index contributed by atoms with van der Waals surface area (Å²) in [6.07, 6.45) is -0.388. The third-order valence-corrected chi connectivity index (χ3v) is 8.33. The molecular formula is C35H34N10O12. The molecule has 4 N–H and O–H groups in total. The summed E-state index contributed by atoms with van der Waals surface area (Å²) in [5.74, 6) is -3.52. The maximum absolute atomic E-state index is 14.2. The number of ether oxygens (including phenoxy) is 2. The number of nitro benzene ring substituents is 4.